The van der Waals surface area contributed by atoms with Gasteiger partial charge in [-0.1, -0.05) is 20.8 Å². The number of unbranched alkanes of at least 4 members (excludes halogenated alkanes) is 2. The van der Waals surface area contributed by atoms with E-state index in [1.807, 2.05) is 0 Å². The fraction of sp³-hybridized carbons (Fsp3) is 1.00. The highest BCUT2D eigenvalue weighted by atomic mass is 16.5. The lowest BCUT2D eigenvalue weighted by molar-refractivity contribution is 0.102. The van der Waals surface area contributed by atoms with Crippen molar-refractivity contribution < 1.29 is 9.84 Å². The van der Waals surface area contributed by atoms with Crippen molar-refractivity contribution in [1.29, 1.82) is 0 Å². The number of hydrogen-bond donors (Lipinski definition) is 0. The van der Waals surface area contributed by atoms with Crippen LogP contribution in [0.3, 0.4) is 0 Å². The Morgan fingerprint density at radius 3 is 2.23 bits per heavy atom. The summed E-state index contributed by atoms with van der Waals surface area (Å²) in [4.78, 5) is 0. The highest BCUT2D eigenvalue weighted by Crippen LogP contribution is 2.17. The van der Waals surface area contributed by atoms with Crippen LogP contribution in [0.2, 0.25) is 0 Å². The first-order valence-corrected chi connectivity index (χ1v) is 5.22. The van der Waals surface area contributed by atoms with Crippen LogP contribution < -0.4 is 0 Å². The number of rotatable bonds is 7. The molecule has 0 bridgehead atoms. The van der Waals surface area contributed by atoms with Gasteiger partial charge in [0.25, 0.3) is 0 Å². The van der Waals surface area contributed by atoms with Gasteiger partial charge in [0, 0.05) is 13.2 Å². The van der Waals surface area contributed by atoms with Gasteiger partial charge in [-0.05, 0) is 31.1 Å². The van der Waals surface area contributed by atoms with E-state index in [4.69, 9.17) is 4.74 Å². The molecule has 0 aliphatic heterocycles. The molecule has 0 N–H and O–H groups in total. The molecule has 79 valence electrons. The Morgan fingerprint density at radius 2 is 1.69 bits per heavy atom. The van der Waals surface area contributed by atoms with E-state index in [2.05, 4.69) is 20.8 Å². The predicted molar refractivity (Wildman–Crippen MR) is 54.3 cm³/mol. The maximum atomic E-state index is 10.1. The van der Waals surface area contributed by atoms with Crippen molar-refractivity contribution in [1.82, 2.24) is 0 Å². The monoisotopic (exact) mass is 187 g/mol. The summed E-state index contributed by atoms with van der Waals surface area (Å²) in [6, 6.07) is 0. The molecule has 13 heavy (non-hydrogen) atoms. The molecule has 0 aromatic carbocycles. The van der Waals surface area contributed by atoms with Gasteiger partial charge in [-0.2, -0.15) is 0 Å². The molecule has 0 aliphatic rings. The summed E-state index contributed by atoms with van der Waals surface area (Å²) in [5, 5.41) is 10.1. The van der Waals surface area contributed by atoms with Gasteiger partial charge < -0.3 is 4.74 Å². The summed E-state index contributed by atoms with van der Waals surface area (Å²) in [6.45, 7) is 8.37. The summed E-state index contributed by atoms with van der Waals surface area (Å²) in [5.74, 6) is 0. The standard InChI is InChI=1S/C11H23O2/c1-11(2,3)7-10-13-9-6-4-5-8-12/h4-10H2,1-3H3. The van der Waals surface area contributed by atoms with Crippen LogP contribution >= 0.6 is 0 Å². The smallest absolute Gasteiger partial charge is 0.0822 e. The quantitative estimate of drug-likeness (QED) is 0.563. The van der Waals surface area contributed by atoms with Crippen molar-refractivity contribution >= 4 is 0 Å². The van der Waals surface area contributed by atoms with Gasteiger partial charge in [0.05, 0.1) is 6.61 Å². The molecule has 0 heterocycles. The molecule has 0 atom stereocenters. The first-order valence-electron chi connectivity index (χ1n) is 5.22. The van der Waals surface area contributed by atoms with Crippen LogP contribution in [0.4, 0.5) is 0 Å². The summed E-state index contributed by atoms with van der Waals surface area (Å²) in [6.07, 6.45) is 3.95. The Morgan fingerprint density at radius 1 is 1.00 bits per heavy atom. The maximum absolute atomic E-state index is 10.1. The topological polar surface area (TPSA) is 29.1 Å². The average Bonchev–Trinajstić information content (AvgIpc) is 2.01. The number of ether oxygens (including phenoxy) is 1. The van der Waals surface area contributed by atoms with Crippen molar-refractivity contribution in [3.8, 4) is 0 Å². The van der Waals surface area contributed by atoms with Gasteiger partial charge in [0.2, 0.25) is 0 Å². The Kier molecular flexibility index (Phi) is 7.29. The summed E-state index contributed by atoms with van der Waals surface area (Å²) in [7, 11) is 0. The molecule has 0 saturated heterocycles. The van der Waals surface area contributed by atoms with Crippen molar-refractivity contribution in [3.05, 3.63) is 0 Å². The molecule has 2 nitrogen and oxygen atoms in total. The van der Waals surface area contributed by atoms with Gasteiger partial charge in [-0.25, -0.2) is 5.11 Å². The zero-order valence-electron chi connectivity index (χ0n) is 9.27. The van der Waals surface area contributed by atoms with E-state index in [1.165, 1.54) is 0 Å². The van der Waals surface area contributed by atoms with E-state index >= 15 is 0 Å². The Bertz CT molecular complexity index is 105. The first-order chi connectivity index (χ1) is 6.06. The minimum Gasteiger partial charge on any atom is -0.381 e. The highest BCUT2D eigenvalue weighted by Gasteiger charge is 2.08. The van der Waals surface area contributed by atoms with Crippen LogP contribution in [0.15, 0.2) is 0 Å². The second-order valence-electron chi connectivity index (χ2n) is 4.69. The molecule has 2 heteroatoms. The third-order valence-corrected chi connectivity index (χ3v) is 1.93. The Hall–Kier alpha value is -0.0800. The zero-order chi connectivity index (χ0) is 10.2. The van der Waals surface area contributed by atoms with E-state index in [-0.39, 0.29) is 6.61 Å². The Labute approximate surface area is 82.3 Å². The molecule has 0 rings (SSSR count). The molecule has 0 aromatic heterocycles. The molecular weight excluding hydrogens is 164 g/mol. The van der Waals surface area contributed by atoms with Gasteiger partial charge in [-0.3, -0.25) is 0 Å². The molecule has 0 amide bonds. The van der Waals surface area contributed by atoms with Gasteiger partial charge >= 0.3 is 0 Å². The fourth-order valence-electron chi connectivity index (χ4n) is 0.963. The third-order valence-electron chi connectivity index (χ3n) is 1.93. The molecule has 0 fully saturated rings. The van der Waals surface area contributed by atoms with Gasteiger partial charge in [0.1, 0.15) is 0 Å². The van der Waals surface area contributed by atoms with Crippen LogP contribution in [-0.4, -0.2) is 19.8 Å². The minimum atomic E-state index is 0.0575. The SMILES string of the molecule is CC(C)(C)CCOCCCCC[O]. The Balaban J connectivity index is 3.00. The van der Waals surface area contributed by atoms with Crippen LogP contribution in [0.1, 0.15) is 46.5 Å². The molecule has 0 aliphatic carbocycles. The summed E-state index contributed by atoms with van der Waals surface area (Å²) in [5.41, 5.74) is 0.370. The van der Waals surface area contributed by atoms with Crippen molar-refractivity contribution in [3.63, 3.8) is 0 Å². The van der Waals surface area contributed by atoms with E-state index < -0.39 is 0 Å². The molecule has 0 spiro atoms. The van der Waals surface area contributed by atoms with E-state index in [9.17, 15) is 5.11 Å². The van der Waals surface area contributed by atoms with Gasteiger partial charge in [-0.15, -0.1) is 0 Å². The van der Waals surface area contributed by atoms with Crippen LogP contribution in [0.5, 0.6) is 0 Å². The number of hydrogen-bond acceptors (Lipinski definition) is 1. The van der Waals surface area contributed by atoms with E-state index in [1.54, 1.807) is 0 Å². The van der Waals surface area contributed by atoms with Crippen LogP contribution in [0, 0.1) is 5.41 Å². The van der Waals surface area contributed by atoms with Crippen LogP contribution in [-0.2, 0) is 9.84 Å². The summed E-state index contributed by atoms with van der Waals surface area (Å²) >= 11 is 0. The molecular formula is C11H23O2. The largest absolute Gasteiger partial charge is 0.381 e. The van der Waals surface area contributed by atoms with Crippen molar-refractivity contribution in [2.24, 2.45) is 5.41 Å². The molecule has 0 aromatic rings. The van der Waals surface area contributed by atoms with E-state index in [0.29, 0.717) is 5.41 Å². The van der Waals surface area contributed by atoms with Crippen molar-refractivity contribution in [2.45, 2.75) is 46.5 Å². The molecule has 0 saturated carbocycles. The molecule has 1 radical (unpaired) electrons. The highest BCUT2D eigenvalue weighted by molar-refractivity contribution is 4.59. The maximum Gasteiger partial charge on any atom is 0.0822 e. The second kappa shape index (κ2) is 7.34. The van der Waals surface area contributed by atoms with Gasteiger partial charge in [0.15, 0.2) is 0 Å². The second-order valence-corrected chi connectivity index (χ2v) is 4.69. The van der Waals surface area contributed by atoms with Crippen molar-refractivity contribution in [2.75, 3.05) is 19.8 Å². The first kappa shape index (κ1) is 12.9. The minimum absolute atomic E-state index is 0.0575. The van der Waals surface area contributed by atoms with Crippen LogP contribution in [0.25, 0.3) is 0 Å². The lowest BCUT2D eigenvalue weighted by Crippen LogP contribution is -2.10. The molecule has 0 unspecified atom stereocenters. The van der Waals surface area contributed by atoms with E-state index in [0.717, 1.165) is 38.9 Å². The third kappa shape index (κ3) is 11.9. The fourth-order valence-corrected chi connectivity index (χ4v) is 0.963. The normalized spacial score (nSPS) is 12.0. The lowest BCUT2D eigenvalue weighted by Gasteiger charge is -2.17. The predicted octanol–water partition coefficient (Wildman–Crippen LogP) is 3.04. The summed E-state index contributed by atoms with van der Waals surface area (Å²) < 4.78 is 5.45. The average molecular weight is 187 g/mol. The lowest BCUT2D eigenvalue weighted by atomic mass is 9.93. The zero-order valence-corrected chi connectivity index (χ0v) is 9.27.